The predicted molar refractivity (Wildman–Crippen MR) is 115 cm³/mol. The maximum absolute atomic E-state index is 12.8. The minimum Gasteiger partial charge on any atom is -0.300 e. The van der Waals surface area contributed by atoms with E-state index in [0.717, 1.165) is 15.0 Å². The number of piperidine rings is 1. The SMILES string of the molecule is CCSc1nnc(NC(=O)C2CCN(S(=O)(=O)c3ccc(SC)cc3)CC2)s1. The van der Waals surface area contributed by atoms with Crippen LogP contribution in [-0.4, -0.2) is 53.9 Å². The molecule has 0 bridgehead atoms. The topological polar surface area (TPSA) is 92.3 Å². The molecule has 1 aromatic carbocycles. The highest BCUT2D eigenvalue weighted by molar-refractivity contribution is 8.01. The van der Waals surface area contributed by atoms with Crippen molar-refractivity contribution in [3.8, 4) is 0 Å². The molecule has 1 aliphatic heterocycles. The Bertz CT molecular complexity index is 907. The van der Waals surface area contributed by atoms with Gasteiger partial charge in [0.2, 0.25) is 21.1 Å². The fourth-order valence-electron chi connectivity index (χ4n) is 2.90. The number of hydrogen-bond donors (Lipinski definition) is 1. The summed E-state index contributed by atoms with van der Waals surface area (Å²) in [6.07, 6.45) is 2.93. The molecule has 2 aromatic rings. The summed E-state index contributed by atoms with van der Waals surface area (Å²) in [5.41, 5.74) is 0. The molecule has 11 heteroatoms. The van der Waals surface area contributed by atoms with Crippen LogP contribution in [-0.2, 0) is 14.8 Å². The van der Waals surface area contributed by atoms with Gasteiger partial charge in [0.05, 0.1) is 4.90 Å². The standard InChI is InChI=1S/C17H22N4O3S4/c1-3-26-17-20-19-16(27-17)18-15(22)12-8-10-21(11-9-12)28(23,24)14-6-4-13(25-2)5-7-14/h4-7,12H,3,8-11H2,1-2H3,(H,18,19,22). The van der Waals surface area contributed by atoms with Crippen LogP contribution in [0.5, 0.6) is 0 Å². The van der Waals surface area contributed by atoms with Crippen molar-refractivity contribution in [1.82, 2.24) is 14.5 Å². The molecule has 0 saturated carbocycles. The van der Waals surface area contributed by atoms with Crippen LogP contribution in [0.4, 0.5) is 5.13 Å². The fraction of sp³-hybridized carbons (Fsp3) is 0.471. The fourth-order valence-corrected chi connectivity index (χ4v) is 6.43. The molecule has 1 aliphatic rings. The molecule has 1 fully saturated rings. The maximum Gasteiger partial charge on any atom is 0.243 e. The van der Waals surface area contributed by atoms with Gasteiger partial charge in [0.15, 0.2) is 4.34 Å². The van der Waals surface area contributed by atoms with Crippen molar-refractivity contribution in [3.63, 3.8) is 0 Å². The predicted octanol–water partition coefficient (Wildman–Crippen LogP) is 3.41. The number of nitrogens with one attached hydrogen (secondary N) is 1. The Morgan fingerprint density at radius 1 is 1.25 bits per heavy atom. The summed E-state index contributed by atoms with van der Waals surface area (Å²) >= 11 is 4.51. The lowest BCUT2D eigenvalue weighted by molar-refractivity contribution is -0.120. The third kappa shape index (κ3) is 5.07. The van der Waals surface area contributed by atoms with Gasteiger partial charge in [-0.3, -0.25) is 4.79 Å². The molecule has 0 unspecified atom stereocenters. The quantitative estimate of drug-likeness (QED) is 0.502. The van der Waals surface area contributed by atoms with Crippen molar-refractivity contribution < 1.29 is 13.2 Å². The van der Waals surface area contributed by atoms with E-state index in [9.17, 15) is 13.2 Å². The third-order valence-corrected chi connectivity index (χ3v) is 8.94. The Labute approximate surface area is 177 Å². The molecule has 1 saturated heterocycles. The van der Waals surface area contributed by atoms with E-state index in [1.54, 1.807) is 35.7 Å². The lowest BCUT2D eigenvalue weighted by atomic mass is 9.97. The number of benzene rings is 1. The van der Waals surface area contributed by atoms with E-state index in [1.165, 1.54) is 15.6 Å². The molecule has 28 heavy (non-hydrogen) atoms. The molecule has 2 heterocycles. The number of hydrogen-bond acceptors (Lipinski definition) is 8. The molecular formula is C17H22N4O3S4. The van der Waals surface area contributed by atoms with Crippen molar-refractivity contribution in [2.45, 2.75) is 33.9 Å². The van der Waals surface area contributed by atoms with Crippen molar-refractivity contribution >= 4 is 55.9 Å². The van der Waals surface area contributed by atoms with Gasteiger partial charge in [-0.2, -0.15) is 4.31 Å². The van der Waals surface area contributed by atoms with Gasteiger partial charge in [0, 0.05) is 23.9 Å². The van der Waals surface area contributed by atoms with Crippen LogP contribution in [0.2, 0.25) is 0 Å². The maximum atomic E-state index is 12.8. The van der Waals surface area contributed by atoms with Crippen molar-refractivity contribution in [3.05, 3.63) is 24.3 Å². The Morgan fingerprint density at radius 2 is 1.93 bits per heavy atom. The smallest absolute Gasteiger partial charge is 0.243 e. The first-order chi connectivity index (χ1) is 13.4. The molecule has 3 rings (SSSR count). The molecular weight excluding hydrogens is 436 g/mol. The van der Waals surface area contributed by atoms with Crippen LogP contribution in [0.1, 0.15) is 19.8 Å². The van der Waals surface area contributed by atoms with Gasteiger partial charge in [0.1, 0.15) is 0 Å². The number of carbonyl (C=O) groups is 1. The van der Waals surface area contributed by atoms with E-state index < -0.39 is 10.0 Å². The number of aromatic nitrogens is 2. The summed E-state index contributed by atoms with van der Waals surface area (Å²) in [5.74, 6) is 0.553. The van der Waals surface area contributed by atoms with Gasteiger partial charge in [0.25, 0.3) is 0 Å². The Hall–Kier alpha value is -1.14. The molecule has 0 aliphatic carbocycles. The summed E-state index contributed by atoms with van der Waals surface area (Å²) in [4.78, 5) is 13.8. The highest BCUT2D eigenvalue weighted by atomic mass is 32.2. The number of amides is 1. The Morgan fingerprint density at radius 3 is 2.54 bits per heavy atom. The molecule has 7 nitrogen and oxygen atoms in total. The van der Waals surface area contributed by atoms with E-state index in [1.807, 2.05) is 25.3 Å². The van der Waals surface area contributed by atoms with Gasteiger partial charge >= 0.3 is 0 Å². The van der Waals surface area contributed by atoms with Gasteiger partial charge in [-0.25, -0.2) is 8.42 Å². The molecule has 0 spiro atoms. The Kier molecular flexibility index (Phi) is 7.37. The molecule has 152 valence electrons. The summed E-state index contributed by atoms with van der Waals surface area (Å²) in [7, 11) is -3.53. The van der Waals surface area contributed by atoms with E-state index in [-0.39, 0.29) is 11.8 Å². The highest BCUT2D eigenvalue weighted by Crippen LogP contribution is 2.28. The van der Waals surface area contributed by atoms with Crippen LogP contribution in [0.25, 0.3) is 0 Å². The van der Waals surface area contributed by atoms with E-state index in [4.69, 9.17) is 0 Å². The summed E-state index contributed by atoms with van der Waals surface area (Å²) < 4.78 is 27.9. The van der Waals surface area contributed by atoms with Crippen molar-refractivity contribution in [2.75, 3.05) is 30.4 Å². The van der Waals surface area contributed by atoms with Gasteiger partial charge in [-0.1, -0.05) is 30.0 Å². The Balaban J connectivity index is 1.57. The van der Waals surface area contributed by atoms with E-state index >= 15 is 0 Å². The summed E-state index contributed by atoms with van der Waals surface area (Å²) in [5, 5.41) is 11.3. The van der Waals surface area contributed by atoms with Crippen LogP contribution < -0.4 is 5.32 Å². The minimum atomic E-state index is -3.53. The molecule has 1 aromatic heterocycles. The zero-order valence-electron chi connectivity index (χ0n) is 15.6. The molecule has 0 atom stereocenters. The molecule has 0 radical (unpaired) electrons. The largest absolute Gasteiger partial charge is 0.300 e. The summed E-state index contributed by atoms with van der Waals surface area (Å²) in [6, 6.07) is 6.90. The average molecular weight is 459 g/mol. The monoisotopic (exact) mass is 458 g/mol. The second kappa shape index (κ2) is 9.57. The first-order valence-corrected chi connectivity index (χ1v) is 13.3. The zero-order valence-corrected chi connectivity index (χ0v) is 18.9. The number of thioether (sulfide) groups is 2. The molecule has 1 amide bonds. The number of carbonyl (C=O) groups excluding carboxylic acids is 1. The van der Waals surface area contributed by atoms with E-state index in [0.29, 0.717) is 36.0 Å². The molecule has 1 N–H and O–H groups in total. The second-order valence-electron chi connectivity index (χ2n) is 6.15. The van der Waals surface area contributed by atoms with Crippen LogP contribution in [0.15, 0.2) is 38.4 Å². The van der Waals surface area contributed by atoms with Gasteiger partial charge in [-0.05, 0) is 49.1 Å². The van der Waals surface area contributed by atoms with Crippen LogP contribution in [0, 0.1) is 5.92 Å². The van der Waals surface area contributed by atoms with Crippen LogP contribution in [0.3, 0.4) is 0 Å². The average Bonchev–Trinajstić information content (AvgIpc) is 3.15. The first kappa shape index (κ1) is 21.6. The lowest BCUT2D eigenvalue weighted by Gasteiger charge is -2.30. The second-order valence-corrected chi connectivity index (χ2v) is 11.5. The highest BCUT2D eigenvalue weighted by Gasteiger charge is 2.32. The first-order valence-electron chi connectivity index (χ1n) is 8.85. The minimum absolute atomic E-state index is 0.120. The van der Waals surface area contributed by atoms with Gasteiger partial charge in [-0.15, -0.1) is 22.0 Å². The normalized spacial score (nSPS) is 16.2. The lowest BCUT2D eigenvalue weighted by Crippen LogP contribution is -2.41. The van der Waals surface area contributed by atoms with Gasteiger partial charge < -0.3 is 5.32 Å². The number of anilines is 1. The summed E-state index contributed by atoms with van der Waals surface area (Å²) in [6.45, 7) is 2.69. The zero-order chi connectivity index (χ0) is 20.1. The van der Waals surface area contributed by atoms with Crippen LogP contribution >= 0.6 is 34.9 Å². The number of rotatable bonds is 7. The van der Waals surface area contributed by atoms with E-state index in [2.05, 4.69) is 15.5 Å². The van der Waals surface area contributed by atoms with Crippen molar-refractivity contribution in [2.24, 2.45) is 5.92 Å². The van der Waals surface area contributed by atoms with Crippen molar-refractivity contribution in [1.29, 1.82) is 0 Å². The number of sulfonamides is 1. The number of nitrogens with zero attached hydrogens (tertiary/aromatic N) is 3. The third-order valence-electron chi connectivity index (χ3n) is 4.43.